The fraction of sp³-hybridized carbons (Fsp3) is 0.350. The number of hydrogen-bond donors (Lipinski definition) is 1. The van der Waals surface area contributed by atoms with Crippen LogP contribution in [0.1, 0.15) is 17.5 Å². The van der Waals surface area contributed by atoms with Crippen molar-refractivity contribution in [2.45, 2.75) is 19.4 Å². The minimum atomic E-state index is 0. The molecular formula is C20H27ClN2O3. The molecule has 0 fully saturated rings. The van der Waals surface area contributed by atoms with E-state index in [1.165, 1.54) is 0 Å². The molecule has 0 aliphatic rings. The van der Waals surface area contributed by atoms with Crippen LogP contribution < -0.4 is 15.2 Å². The van der Waals surface area contributed by atoms with Crippen molar-refractivity contribution in [3.8, 4) is 11.5 Å². The van der Waals surface area contributed by atoms with E-state index in [4.69, 9.17) is 15.2 Å². The van der Waals surface area contributed by atoms with Crippen LogP contribution in [-0.2, 0) is 17.8 Å². The van der Waals surface area contributed by atoms with Gasteiger partial charge in [0.2, 0.25) is 5.91 Å². The number of carbonyl (C=O) groups excluding carboxylic acids is 1. The molecule has 0 aliphatic carbocycles. The molecule has 6 heteroatoms. The van der Waals surface area contributed by atoms with Gasteiger partial charge in [0.15, 0.2) is 0 Å². The van der Waals surface area contributed by atoms with E-state index in [1.54, 1.807) is 14.2 Å². The number of amides is 1. The fourth-order valence-electron chi connectivity index (χ4n) is 2.74. The topological polar surface area (TPSA) is 64.8 Å². The maximum atomic E-state index is 12.9. The highest BCUT2D eigenvalue weighted by atomic mass is 35.5. The molecule has 0 unspecified atom stereocenters. The lowest BCUT2D eigenvalue weighted by molar-refractivity contribution is -0.131. The summed E-state index contributed by atoms with van der Waals surface area (Å²) in [5, 5.41) is 0. The van der Waals surface area contributed by atoms with Crippen molar-refractivity contribution in [2.24, 2.45) is 5.73 Å². The minimum absolute atomic E-state index is 0. The van der Waals surface area contributed by atoms with Crippen LogP contribution in [0.2, 0.25) is 0 Å². The van der Waals surface area contributed by atoms with Crippen molar-refractivity contribution in [1.29, 1.82) is 0 Å². The third kappa shape index (κ3) is 5.93. The molecule has 0 saturated heterocycles. The quantitative estimate of drug-likeness (QED) is 0.728. The Morgan fingerprint density at radius 3 is 2.15 bits per heavy atom. The zero-order valence-corrected chi connectivity index (χ0v) is 16.1. The highest BCUT2D eigenvalue weighted by molar-refractivity contribution is 5.85. The smallest absolute Gasteiger partial charge is 0.227 e. The van der Waals surface area contributed by atoms with Crippen LogP contribution >= 0.6 is 12.4 Å². The Bertz CT molecular complexity index is 658. The molecule has 0 atom stereocenters. The van der Waals surface area contributed by atoms with Gasteiger partial charge in [0.25, 0.3) is 0 Å². The van der Waals surface area contributed by atoms with Gasteiger partial charge in [-0.1, -0.05) is 36.4 Å². The summed E-state index contributed by atoms with van der Waals surface area (Å²) in [6.07, 6.45) is 0.992. The van der Waals surface area contributed by atoms with Gasteiger partial charge in [-0.2, -0.15) is 0 Å². The molecule has 2 rings (SSSR count). The molecule has 0 radical (unpaired) electrons. The molecular weight excluding hydrogens is 352 g/mol. The van der Waals surface area contributed by atoms with Crippen molar-refractivity contribution < 1.29 is 14.3 Å². The summed E-state index contributed by atoms with van der Waals surface area (Å²) in [7, 11) is 3.19. The molecule has 0 bridgehead atoms. The monoisotopic (exact) mass is 378 g/mol. The number of halogens is 1. The van der Waals surface area contributed by atoms with Gasteiger partial charge in [-0.25, -0.2) is 0 Å². The van der Waals surface area contributed by atoms with E-state index in [0.29, 0.717) is 31.1 Å². The molecule has 1 amide bonds. The Morgan fingerprint density at radius 1 is 1.00 bits per heavy atom. The van der Waals surface area contributed by atoms with Crippen LogP contribution in [0, 0.1) is 0 Å². The van der Waals surface area contributed by atoms with E-state index in [-0.39, 0.29) is 24.7 Å². The van der Waals surface area contributed by atoms with Gasteiger partial charge >= 0.3 is 0 Å². The molecule has 0 aliphatic heterocycles. The number of benzene rings is 2. The standard InChI is InChI=1S/C20H26N2O3.ClH/c1-24-18-10-6-11-19(25-2)17(18)14-20(23)22(13-7-12-21)15-16-8-4-3-5-9-16;/h3-6,8-11H,7,12-15,21H2,1-2H3;1H. The average Bonchev–Trinajstić information content (AvgIpc) is 2.65. The molecule has 26 heavy (non-hydrogen) atoms. The number of ether oxygens (including phenoxy) is 2. The highest BCUT2D eigenvalue weighted by Gasteiger charge is 2.19. The Morgan fingerprint density at radius 2 is 1.62 bits per heavy atom. The summed E-state index contributed by atoms with van der Waals surface area (Å²) in [6, 6.07) is 15.5. The second-order valence-corrected chi connectivity index (χ2v) is 5.76. The Labute approximate surface area is 161 Å². The van der Waals surface area contributed by atoms with Crippen LogP contribution in [0.25, 0.3) is 0 Å². The van der Waals surface area contributed by atoms with Crippen LogP contribution in [-0.4, -0.2) is 38.1 Å². The zero-order valence-electron chi connectivity index (χ0n) is 15.3. The first-order valence-corrected chi connectivity index (χ1v) is 8.41. The van der Waals surface area contributed by atoms with E-state index >= 15 is 0 Å². The van der Waals surface area contributed by atoms with Gasteiger partial charge < -0.3 is 20.1 Å². The molecule has 0 spiro atoms. The lowest BCUT2D eigenvalue weighted by Gasteiger charge is -2.24. The molecule has 2 aromatic rings. The number of rotatable bonds is 9. The third-order valence-corrected chi connectivity index (χ3v) is 4.06. The van der Waals surface area contributed by atoms with E-state index in [9.17, 15) is 4.79 Å². The summed E-state index contributed by atoms with van der Waals surface area (Å²) in [4.78, 5) is 14.8. The number of nitrogens with zero attached hydrogens (tertiary/aromatic N) is 1. The van der Waals surface area contributed by atoms with Gasteiger partial charge in [0, 0.05) is 18.7 Å². The largest absolute Gasteiger partial charge is 0.496 e. The van der Waals surface area contributed by atoms with Gasteiger partial charge in [-0.15, -0.1) is 12.4 Å². The van der Waals surface area contributed by atoms with Gasteiger partial charge in [-0.05, 0) is 30.7 Å². The molecule has 0 aromatic heterocycles. The molecule has 5 nitrogen and oxygen atoms in total. The first-order valence-electron chi connectivity index (χ1n) is 8.41. The summed E-state index contributed by atoms with van der Waals surface area (Å²) in [5.74, 6) is 1.34. The SMILES string of the molecule is COc1cccc(OC)c1CC(=O)N(CCCN)Cc1ccccc1.Cl. The fourth-order valence-corrected chi connectivity index (χ4v) is 2.74. The van der Waals surface area contributed by atoms with Crippen molar-refractivity contribution in [3.63, 3.8) is 0 Å². The second kappa shape index (κ2) is 11.4. The Hall–Kier alpha value is -2.24. The predicted molar refractivity (Wildman–Crippen MR) is 106 cm³/mol. The van der Waals surface area contributed by atoms with Crippen molar-refractivity contribution in [1.82, 2.24) is 4.90 Å². The van der Waals surface area contributed by atoms with Crippen molar-refractivity contribution in [2.75, 3.05) is 27.3 Å². The van der Waals surface area contributed by atoms with E-state index in [1.807, 2.05) is 53.4 Å². The zero-order chi connectivity index (χ0) is 18.1. The van der Waals surface area contributed by atoms with Crippen LogP contribution in [0.3, 0.4) is 0 Å². The average molecular weight is 379 g/mol. The molecule has 0 heterocycles. The number of carbonyl (C=O) groups is 1. The van der Waals surface area contributed by atoms with Crippen LogP contribution in [0.4, 0.5) is 0 Å². The van der Waals surface area contributed by atoms with E-state index in [2.05, 4.69) is 0 Å². The van der Waals surface area contributed by atoms with Gasteiger partial charge in [0.05, 0.1) is 20.6 Å². The van der Waals surface area contributed by atoms with Crippen molar-refractivity contribution in [3.05, 3.63) is 59.7 Å². The number of hydrogen-bond acceptors (Lipinski definition) is 4. The third-order valence-electron chi connectivity index (χ3n) is 4.06. The molecule has 0 saturated carbocycles. The highest BCUT2D eigenvalue weighted by Crippen LogP contribution is 2.29. The minimum Gasteiger partial charge on any atom is -0.496 e. The lowest BCUT2D eigenvalue weighted by atomic mass is 10.1. The normalized spacial score (nSPS) is 9.96. The number of methoxy groups -OCH3 is 2. The molecule has 142 valence electrons. The summed E-state index contributed by atoms with van der Waals surface area (Å²) in [5.41, 5.74) is 7.50. The maximum absolute atomic E-state index is 12.9. The summed E-state index contributed by atoms with van der Waals surface area (Å²) >= 11 is 0. The van der Waals surface area contributed by atoms with Crippen LogP contribution in [0.15, 0.2) is 48.5 Å². The second-order valence-electron chi connectivity index (χ2n) is 5.76. The van der Waals surface area contributed by atoms with Gasteiger partial charge in [-0.3, -0.25) is 4.79 Å². The van der Waals surface area contributed by atoms with E-state index < -0.39 is 0 Å². The number of nitrogens with two attached hydrogens (primary N) is 1. The maximum Gasteiger partial charge on any atom is 0.227 e. The first kappa shape index (κ1) is 21.8. The molecule has 2 aromatic carbocycles. The first-order chi connectivity index (χ1) is 12.2. The molecule has 2 N–H and O–H groups in total. The predicted octanol–water partition coefficient (Wildman–Crippen LogP) is 3.05. The van der Waals surface area contributed by atoms with Crippen LogP contribution in [0.5, 0.6) is 11.5 Å². The van der Waals surface area contributed by atoms with E-state index in [0.717, 1.165) is 17.5 Å². The Kier molecular flexibility index (Phi) is 9.55. The summed E-state index contributed by atoms with van der Waals surface area (Å²) < 4.78 is 10.8. The summed E-state index contributed by atoms with van der Waals surface area (Å²) in [6.45, 7) is 1.75. The lowest BCUT2D eigenvalue weighted by Crippen LogP contribution is -2.33. The van der Waals surface area contributed by atoms with Crippen molar-refractivity contribution >= 4 is 18.3 Å². The Balaban J connectivity index is 0.00000338. The van der Waals surface area contributed by atoms with Gasteiger partial charge in [0.1, 0.15) is 11.5 Å².